The van der Waals surface area contributed by atoms with E-state index in [-0.39, 0.29) is 0 Å². The van der Waals surface area contributed by atoms with Gasteiger partial charge in [-0.05, 0) is 92.7 Å². The number of nitrogens with zero attached hydrogens (tertiary/aromatic N) is 1. The molecule has 1 nitrogen and oxygen atoms in total. The molecule has 0 saturated heterocycles. The fourth-order valence-electron chi connectivity index (χ4n) is 6.44. The van der Waals surface area contributed by atoms with Crippen molar-refractivity contribution in [3.05, 3.63) is 150 Å². The van der Waals surface area contributed by atoms with E-state index in [0.29, 0.717) is 0 Å². The Kier molecular flexibility index (Phi) is 4.87. The lowest BCUT2D eigenvalue weighted by Crippen LogP contribution is -1.94. The first-order valence-electron chi connectivity index (χ1n) is 13.7. The molecule has 184 valence electrons. The summed E-state index contributed by atoms with van der Waals surface area (Å²) in [7, 11) is 0. The summed E-state index contributed by atoms with van der Waals surface area (Å²) in [6, 6.07) is 49.1. The number of aromatic nitrogens is 1. The van der Waals surface area contributed by atoms with Crippen LogP contribution < -0.4 is 0 Å². The number of fused-ring (bicyclic) bond motifs is 9. The van der Waals surface area contributed by atoms with Crippen LogP contribution in [0.25, 0.3) is 59.8 Å². The summed E-state index contributed by atoms with van der Waals surface area (Å²) in [4.78, 5) is 0. The van der Waals surface area contributed by atoms with Crippen molar-refractivity contribution in [2.24, 2.45) is 0 Å². The van der Waals surface area contributed by atoms with Gasteiger partial charge in [0.25, 0.3) is 0 Å². The molecule has 0 aliphatic heterocycles. The summed E-state index contributed by atoms with van der Waals surface area (Å²) in [6.07, 6.45) is 0.900. The maximum absolute atomic E-state index is 2.41. The van der Waals surface area contributed by atoms with Crippen molar-refractivity contribution in [2.75, 3.05) is 0 Å². The molecule has 0 atom stereocenters. The molecule has 0 aliphatic carbocycles. The van der Waals surface area contributed by atoms with Gasteiger partial charge >= 0.3 is 0 Å². The summed E-state index contributed by atoms with van der Waals surface area (Å²) in [6.45, 7) is 2.17. The first-order chi connectivity index (χ1) is 19.2. The number of hydrogen-bond acceptors (Lipinski definition) is 0. The van der Waals surface area contributed by atoms with Crippen LogP contribution in [0.4, 0.5) is 0 Å². The van der Waals surface area contributed by atoms with Gasteiger partial charge in [-0.1, -0.05) is 103 Å². The molecule has 0 aliphatic rings. The van der Waals surface area contributed by atoms with E-state index in [9.17, 15) is 0 Å². The summed E-state index contributed by atoms with van der Waals surface area (Å²) in [5, 5.41) is 10.6. The Morgan fingerprint density at radius 3 is 1.64 bits per heavy atom. The number of hydrogen-bond donors (Lipinski definition) is 0. The highest BCUT2D eigenvalue weighted by atomic mass is 15.0. The van der Waals surface area contributed by atoms with E-state index in [0.717, 1.165) is 6.42 Å². The minimum atomic E-state index is 0.900. The molecule has 0 N–H and O–H groups in total. The highest BCUT2D eigenvalue weighted by Gasteiger charge is 2.14. The molecular weight excluding hydrogens is 470 g/mol. The first-order valence-corrected chi connectivity index (χ1v) is 13.7. The van der Waals surface area contributed by atoms with Gasteiger partial charge in [0.15, 0.2) is 0 Å². The lowest BCUT2D eigenvalue weighted by Gasteiger charge is -2.12. The zero-order valence-corrected chi connectivity index (χ0v) is 21.9. The quantitative estimate of drug-likeness (QED) is 0.214. The van der Waals surface area contributed by atoms with E-state index >= 15 is 0 Å². The van der Waals surface area contributed by atoms with E-state index in [4.69, 9.17) is 0 Å². The van der Waals surface area contributed by atoms with Crippen molar-refractivity contribution in [3.63, 3.8) is 0 Å². The first kappa shape index (κ1) is 22.1. The van der Waals surface area contributed by atoms with Crippen molar-refractivity contribution in [1.82, 2.24) is 4.57 Å². The van der Waals surface area contributed by atoms with Crippen LogP contribution in [0.3, 0.4) is 0 Å². The van der Waals surface area contributed by atoms with Gasteiger partial charge in [-0.15, -0.1) is 0 Å². The van der Waals surface area contributed by atoms with Crippen molar-refractivity contribution >= 4 is 54.1 Å². The minimum absolute atomic E-state index is 0.900. The van der Waals surface area contributed by atoms with Gasteiger partial charge in [-0.3, -0.25) is 0 Å². The molecule has 0 unspecified atom stereocenters. The zero-order chi connectivity index (χ0) is 25.9. The number of rotatable bonds is 3. The SMILES string of the molecule is Cc1ccc2c3cc(Cc4ccc5c6ccccc6c6ccccc6c5c4)ccc3n(-c3ccccc3)c2c1. The predicted octanol–water partition coefficient (Wildman–Crippen LogP) is 10.1. The van der Waals surface area contributed by atoms with Crippen LogP contribution in [0.5, 0.6) is 0 Å². The Morgan fingerprint density at radius 2 is 0.949 bits per heavy atom. The topological polar surface area (TPSA) is 4.93 Å². The van der Waals surface area contributed by atoms with E-state index in [1.165, 1.54) is 76.5 Å². The summed E-state index contributed by atoms with van der Waals surface area (Å²) in [5.74, 6) is 0. The van der Waals surface area contributed by atoms with Crippen LogP contribution in [0, 0.1) is 6.92 Å². The highest BCUT2D eigenvalue weighted by molar-refractivity contribution is 6.25. The van der Waals surface area contributed by atoms with Gasteiger partial charge in [0.05, 0.1) is 11.0 Å². The van der Waals surface area contributed by atoms with Gasteiger partial charge in [0, 0.05) is 16.5 Å². The molecule has 7 aromatic carbocycles. The Balaban J connectivity index is 1.29. The smallest absolute Gasteiger partial charge is 0.0543 e. The normalized spacial score (nSPS) is 11.8. The predicted molar refractivity (Wildman–Crippen MR) is 167 cm³/mol. The molecule has 1 heterocycles. The fraction of sp³-hybridized carbons (Fsp3) is 0.0526. The third-order valence-electron chi connectivity index (χ3n) is 8.22. The molecule has 1 heteroatoms. The summed E-state index contributed by atoms with van der Waals surface area (Å²) in [5.41, 5.74) is 7.66. The van der Waals surface area contributed by atoms with Crippen LogP contribution in [-0.2, 0) is 6.42 Å². The molecule has 0 spiro atoms. The van der Waals surface area contributed by atoms with Crippen LogP contribution in [-0.4, -0.2) is 4.57 Å². The third-order valence-corrected chi connectivity index (χ3v) is 8.22. The van der Waals surface area contributed by atoms with Crippen molar-refractivity contribution < 1.29 is 0 Å². The molecule has 1 aromatic heterocycles. The summed E-state index contributed by atoms with van der Waals surface area (Å²) >= 11 is 0. The van der Waals surface area contributed by atoms with Gasteiger partial charge < -0.3 is 4.57 Å². The average molecular weight is 498 g/mol. The molecule has 39 heavy (non-hydrogen) atoms. The fourth-order valence-corrected chi connectivity index (χ4v) is 6.44. The Labute approximate surface area is 227 Å². The second-order valence-corrected chi connectivity index (χ2v) is 10.7. The molecule has 0 radical (unpaired) electrons. The largest absolute Gasteiger partial charge is 0.309 e. The lowest BCUT2D eigenvalue weighted by atomic mass is 9.92. The van der Waals surface area contributed by atoms with E-state index in [2.05, 4.69) is 145 Å². The molecular formula is C38H27N. The highest BCUT2D eigenvalue weighted by Crippen LogP contribution is 2.37. The number of para-hydroxylation sites is 1. The minimum Gasteiger partial charge on any atom is -0.309 e. The molecule has 8 aromatic rings. The maximum atomic E-state index is 2.41. The monoisotopic (exact) mass is 497 g/mol. The van der Waals surface area contributed by atoms with Crippen LogP contribution >= 0.6 is 0 Å². The molecule has 0 bridgehead atoms. The van der Waals surface area contributed by atoms with Gasteiger partial charge in [0.1, 0.15) is 0 Å². The van der Waals surface area contributed by atoms with Crippen LogP contribution in [0.1, 0.15) is 16.7 Å². The van der Waals surface area contributed by atoms with Crippen molar-refractivity contribution in [3.8, 4) is 5.69 Å². The Bertz CT molecular complexity index is 2160. The lowest BCUT2D eigenvalue weighted by molar-refractivity contribution is 1.17. The van der Waals surface area contributed by atoms with Crippen molar-refractivity contribution in [1.29, 1.82) is 0 Å². The van der Waals surface area contributed by atoms with Crippen LogP contribution in [0.2, 0.25) is 0 Å². The van der Waals surface area contributed by atoms with Crippen molar-refractivity contribution in [2.45, 2.75) is 13.3 Å². The zero-order valence-electron chi connectivity index (χ0n) is 21.9. The molecule has 8 rings (SSSR count). The second kappa shape index (κ2) is 8.58. The standard InChI is InChI=1S/C38H27N/c1-25-15-18-34-36-24-27(17-20-37(36)39(38(34)21-25)28-9-3-2-4-10-28)22-26-16-19-33-31-13-6-5-11-29(31)30-12-7-8-14-32(30)35(33)23-26/h2-21,23-24H,22H2,1H3. The third kappa shape index (κ3) is 3.47. The van der Waals surface area contributed by atoms with Crippen LogP contribution in [0.15, 0.2) is 133 Å². The molecule has 0 saturated carbocycles. The molecule has 0 amide bonds. The maximum Gasteiger partial charge on any atom is 0.0543 e. The van der Waals surface area contributed by atoms with Gasteiger partial charge in [-0.25, -0.2) is 0 Å². The van der Waals surface area contributed by atoms with Gasteiger partial charge in [-0.2, -0.15) is 0 Å². The van der Waals surface area contributed by atoms with E-state index in [1.54, 1.807) is 0 Å². The second-order valence-electron chi connectivity index (χ2n) is 10.7. The summed E-state index contributed by atoms with van der Waals surface area (Å²) < 4.78 is 2.40. The average Bonchev–Trinajstić information content (AvgIpc) is 3.30. The molecule has 0 fully saturated rings. The Hall–Kier alpha value is -4.88. The van der Waals surface area contributed by atoms with Gasteiger partial charge in [0.2, 0.25) is 0 Å². The van der Waals surface area contributed by atoms with E-state index < -0.39 is 0 Å². The number of aryl methyl sites for hydroxylation is 1. The van der Waals surface area contributed by atoms with E-state index in [1.807, 2.05) is 0 Å². The number of benzene rings is 7. The Morgan fingerprint density at radius 1 is 0.410 bits per heavy atom.